The molecule has 0 radical (unpaired) electrons. The molecule has 0 aromatic heterocycles. The molecular formula is C11H11ClO3. The molecule has 15 heavy (non-hydrogen) atoms. The Balaban J connectivity index is 2.62. The summed E-state index contributed by atoms with van der Waals surface area (Å²) in [6.07, 6.45) is -0.0916. The Hall–Kier alpha value is -1.35. The number of ketones is 1. The number of hydrogen-bond donors (Lipinski definition) is 1. The van der Waals surface area contributed by atoms with Gasteiger partial charge in [-0.2, -0.15) is 0 Å². The van der Waals surface area contributed by atoms with Gasteiger partial charge in [-0.15, -0.1) is 11.6 Å². The Labute approximate surface area is 92.7 Å². The summed E-state index contributed by atoms with van der Waals surface area (Å²) < 4.78 is 0. The van der Waals surface area contributed by atoms with E-state index in [1.165, 1.54) is 0 Å². The van der Waals surface area contributed by atoms with Crippen molar-refractivity contribution in [3.05, 3.63) is 35.4 Å². The van der Waals surface area contributed by atoms with Crippen LogP contribution in [0.5, 0.6) is 0 Å². The maximum atomic E-state index is 11.5. The molecule has 0 fully saturated rings. The number of halogens is 1. The van der Waals surface area contributed by atoms with Crippen LogP contribution in [-0.2, 0) is 10.7 Å². The topological polar surface area (TPSA) is 54.4 Å². The van der Waals surface area contributed by atoms with Crippen molar-refractivity contribution in [1.29, 1.82) is 0 Å². The lowest BCUT2D eigenvalue weighted by Gasteiger charge is -2.00. The van der Waals surface area contributed by atoms with E-state index in [-0.39, 0.29) is 18.6 Å². The Morgan fingerprint density at radius 3 is 2.20 bits per heavy atom. The third-order valence-corrected chi connectivity index (χ3v) is 2.30. The summed E-state index contributed by atoms with van der Waals surface area (Å²) in [4.78, 5) is 21.7. The number of benzene rings is 1. The molecule has 0 aliphatic heterocycles. The molecule has 1 aromatic rings. The summed E-state index contributed by atoms with van der Waals surface area (Å²) in [5, 5.41) is 8.42. The zero-order chi connectivity index (χ0) is 11.3. The van der Waals surface area contributed by atoms with Crippen LogP contribution in [0.15, 0.2) is 24.3 Å². The van der Waals surface area contributed by atoms with Crippen molar-refractivity contribution >= 4 is 23.4 Å². The van der Waals surface area contributed by atoms with Gasteiger partial charge in [0.05, 0.1) is 6.42 Å². The fourth-order valence-corrected chi connectivity index (χ4v) is 1.32. The third kappa shape index (κ3) is 3.72. The molecule has 1 N–H and O–H groups in total. The minimum Gasteiger partial charge on any atom is -0.481 e. The van der Waals surface area contributed by atoms with Gasteiger partial charge < -0.3 is 5.11 Å². The van der Waals surface area contributed by atoms with Gasteiger partial charge in [0.2, 0.25) is 0 Å². The van der Waals surface area contributed by atoms with Gasteiger partial charge in [0.25, 0.3) is 0 Å². The normalized spacial score (nSPS) is 9.93. The first-order valence-corrected chi connectivity index (χ1v) is 5.07. The van der Waals surface area contributed by atoms with Gasteiger partial charge in [-0.05, 0) is 5.56 Å². The van der Waals surface area contributed by atoms with Crippen LogP contribution >= 0.6 is 11.6 Å². The number of hydrogen-bond acceptors (Lipinski definition) is 2. The Kier molecular flexibility index (Phi) is 4.31. The molecule has 0 unspecified atom stereocenters. The molecule has 0 saturated carbocycles. The number of aliphatic carboxylic acids is 1. The molecule has 3 nitrogen and oxygen atoms in total. The lowest BCUT2D eigenvalue weighted by molar-refractivity contribution is -0.136. The Morgan fingerprint density at radius 1 is 1.13 bits per heavy atom. The van der Waals surface area contributed by atoms with Crippen LogP contribution in [0, 0.1) is 0 Å². The van der Waals surface area contributed by atoms with Crippen LogP contribution in [0.1, 0.15) is 28.8 Å². The highest BCUT2D eigenvalue weighted by Gasteiger charge is 2.07. The van der Waals surface area contributed by atoms with Crippen molar-refractivity contribution in [2.45, 2.75) is 18.7 Å². The number of Topliss-reactive ketones (excluding diaryl/α,β-unsaturated/α-hetero) is 1. The van der Waals surface area contributed by atoms with E-state index in [0.717, 1.165) is 5.56 Å². The maximum absolute atomic E-state index is 11.5. The Bertz CT molecular complexity index is 357. The first-order chi connectivity index (χ1) is 7.13. The number of carbonyl (C=O) groups excluding carboxylic acids is 1. The molecule has 0 atom stereocenters. The number of carboxylic acids is 1. The van der Waals surface area contributed by atoms with Crippen molar-refractivity contribution in [3.63, 3.8) is 0 Å². The summed E-state index contributed by atoms with van der Waals surface area (Å²) in [5.74, 6) is -0.705. The number of rotatable bonds is 5. The predicted octanol–water partition coefficient (Wildman–Crippen LogP) is 2.47. The number of carbonyl (C=O) groups is 2. The monoisotopic (exact) mass is 226 g/mol. The minimum absolute atomic E-state index is 0.0373. The molecule has 0 spiro atoms. The summed E-state index contributed by atoms with van der Waals surface area (Å²) in [5.41, 5.74) is 1.47. The van der Waals surface area contributed by atoms with Gasteiger partial charge in [-0.25, -0.2) is 0 Å². The average Bonchev–Trinajstić information content (AvgIpc) is 2.26. The molecule has 1 aromatic carbocycles. The van der Waals surface area contributed by atoms with Gasteiger partial charge in [0.1, 0.15) is 0 Å². The van der Waals surface area contributed by atoms with E-state index in [0.29, 0.717) is 11.4 Å². The number of carboxylic acid groups (broad SMARTS) is 1. The molecule has 0 aliphatic rings. The van der Waals surface area contributed by atoms with Gasteiger partial charge >= 0.3 is 5.97 Å². The predicted molar refractivity (Wildman–Crippen MR) is 57.2 cm³/mol. The van der Waals surface area contributed by atoms with Crippen LogP contribution in [0.2, 0.25) is 0 Å². The average molecular weight is 227 g/mol. The molecule has 0 heterocycles. The lowest BCUT2D eigenvalue weighted by Crippen LogP contribution is -2.03. The maximum Gasteiger partial charge on any atom is 0.303 e. The van der Waals surface area contributed by atoms with Crippen molar-refractivity contribution in [2.75, 3.05) is 0 Å². The van der Waals surface area contributed by atoms with Crippen LogP contribution in [-0.4, -0.2) is 16.9 Å². The largest absolute Gasteiger partial charge is 0.481 e. The highest BCUT2D eigenvalue weighted by atomic mass is 35.5. The molecule has 0 bridgehead atoms. The van der Waals surface area contributed by atoms with Gasteiger partial charge in [0, 0.05) is 17.9 Å². The van der Waals surface area contributed by atoms with Crippen LogP contribution in [0.25, 0.3) is 0 Å². The van der Waals surface area contributed by atoms with E-state index in [1.807, 2.05) is 0 Å². The minimum atomic E-state index is -0.958. The first-order valence-electron chi connectivity index (χ1n) is 4.53. The molecule has 80 valence electrons. The molecule has 0 aliphatic carbocycles. The standard InChI is InChI=1S/C11H11ClO3/c12-7-8-1-3-9(4-2-8)10(13)5-6-11(14)15/h1-4H,5-7H2,(H,14,15). The zero-order valence-electron chi connectivity index (χ0n) is 8.07. The second-order valence-corrected chi connectivity index (χ2v) is 3.41. The first kappa shape index (κ1) is 11.7. The smallest absolute Gasteiger partial charge is 0.303 e. The quantitative estimate of drug-likeness (QED) is 0.620. The van der Waals surface area contributed by atoms with E-state index < -0.39 is 5.97 Å². The molecular weight excluding hydrogens is 216 g/mol. The summed E-state index contributed by atoms with van der Waals surface area (Å²) in [6.45, 7) is 0. The SMILES string of the molecule is O=C(O)CCC(=O)c1ccc(CCl)cc1. The number of alkyl halides is 1. The third-order valence-electron chi connectivity index (χ3n) is 2.00. The summed E-state index contributed by atoms with van der Waals surface area (Å²) in [6, 6.07) is 6.87. The van der Waals surface area contributed by atoms with Gasteiger partial charge in [0.15, 0.2) is 5.78 Å². The molecule has 1 rings (SSSR count). The van der Waals surface area contributed by atoms with Gasteiger partial charge in [-0.3, -0.25) is 9.59 Å². The second-order valence-electron chi connectivity index (χ2n) is 3.15. The van der Waals surface area contributed by atoms with E-state index in [4.69, 9.17) is 16.7 Å². The highest BCUT2D eigenvalue weighted by Crippen LogP contribution is 2.09. The molecule has 0 amide bonds. The van der Waals surface area contributed by atoms with Crippen molar-refractivity contribution in [3.8, 4) is 0 Å². The van der Waals surface area contributed by atoms with Crippen molar-refractivity contribution in [2.24, 2.45) is 0 Å². The molecule has 0 saturated heterocycles. The Morgan fingerprint density at radius 2 is 1.73 bits per heavy atom. The van der Waals surface area contributed by atoms with Crippen molar-refractivity contribution in [1.82, 2.24) is 0 Å². The van der Waals surface area contributed by atoms with E-state index in [2.05, 4.69) is 0 Å². The molecule has 4 heteroatoms. The fourth-order valence-electron chi connectivity index (χ4n) is 1.14. The van der Waals surface area contributed by atoms with E-state index in [1.54, 1.807) is 24.3 Å². The van der Waals surface area contributed by atoms with Crippen LogP contribution in [0.3, 0.4) is 0 Å². The van der Waals surface area contributed by atoms with E-state index >= 15 is 0 Å². The van der Waals surface area contributed by atoms with Crippen LogP contribution < -0.4 is 0 Å². The zero-order valence-corrected chi connectivity index (χ0v) is 8.83. The van der Waals surface area contributed by atoms with E-state index in [9.17, 15) is 9.59 Å². The summed E-state index contributed by atoms with van der Waals surface area (Å²) >= 11 is 5.60. The second kappa shape index (κ2) is 5.51. The van der Waals surface area contributed by atoms with Crippen LogP contribution in [0.4, 0.5) is 0 Å². The highest BCUT2D eigenvalue weighted by molar-refractivity contribution is 6.17. The van der Waals surface area contributed by atoms with Gasteiger partial charge in [-0.1, -0.05) is 24.3 Å². The lowest BCUT2D eigenvalue weighted by atomic mass is 10.1. The fraction of sp³-hybridized carbons (Fsp3) is 0.273. The summed E-state index contributed by atoms with van der Waals surface area (Å²) in [7, 11) is 0. The van der Waals surface area contributed by atoms with Crippen molar-refractivity contribution < 1.29 is 14.7 Å².